The van der Waals surface area contributed by atoms with E-state index < -0.39 is 0 Å². The lowest BCUT2D eigenvalue weighted by Crippen LogP contribution is -2.11. The minimum Gasteiger partial charge on any atom is -0.440 e. The first kappa shape index (κ1) is 17.0. The first-order valence-electron chi connectivity index (χ1n) is 8.90. The largest absolute Gasteiger partial charge is 0.440 e. The molecule has 4 nitrogen and oxygen atoms in total. The predicted molar refractivity (Wildman–Crippen MR) is 107 cm³/mol. The molecule has 0 bridgehead atoms. The lowest BCUT2D eigenvalue weighted by Gasteiger charge is -2.06. The third-order valence-corrected chi connectivity index (χ3v) is 4.65. The number of carbonyl (C=O) groups excluding carboxylic acids is 1. The third kappa shape index (κ3) is 3.75. The van der Waals surface area contributed by atoms with Crippen molar-refractivity contribution in [1.29, 1.82) is 0 Å². The molecule has 0 aliphatic heterocycles. The number of amides is 1. The molecule has 0 saturated carbocycles. The first-order chi connectivity index (χ1) is 13.1. The van der Waals surface area contributed by atoms with Crippen LogP contribution in [0, 0.1) is 13.8 Å². The zero-order chi connectivity index (χ0) is 18.8. The van der Waals surface area contributed by atoms with Gasteiger partial charge in [-0.05, 0) is 66.9 Å². The molecule has 0 atom stereocenters. The van der Waals surface area contributed by atoms with Crippen molar-refractivity contribution in [2.24, 2.45) is 0 Å². The van der Waals surface area contributed by atoms with Gasteiger partial charge in [-0.3, -0.25) is 4.79 Å². The number of aryl methyl sites for hydroxylation is 2. The van der Waals surface area contributed by atoms with Crippen LogP contribution in [0.1, 0.15) is 32.9 Å². The quantitative estimate of drug-likeness (QED) is 0.541. The van der Waals surface area contributed by atoms with Crippen molar-refractivity contribution in [3.05, 3.63) is 94.9 Å². The summed E-state index contributed by atoms with van der Waals surface area (Å²) in [6.45, 7) is 4.14. The van der Waals surface area contributed by atoms with Crippen molar-refractivity contribution in [2.45, 2.75) is 20.3 Å². The number of anilines is 1. The van der Waals surface area contributed by atoms with E-state index in [1.54, 1.807) is 12.1 Å². The van der Waals surface area contributed by atoms with E-state index >= 15 is 0 Å². The average Bonchev–Trinajstić information content (AvgIpc) is 3.05. The minimum absolute atomic E-state index is 0.118. The van der Waals surface area contributed by atoms with Gasteiger partial charge < -0.3 is 9.73 Å². The first-order valence-corrected chi connectivity index (χ1v) is 8.90. The van der Waals surface area contributed by atoms with Crippen LogP contribution in [-0.4, -0.2) is 10.9 Å². The maximum Gasteiger partial charge on any atom is 0.255 e. The Morgan fingerprint density at radius 3 is 2.41 bits per heavy atom. The molecule has 1 amide bonds. The highest BCUT2D eigenvalue weighted by atomic mass is 16.3. The van der Waals surface area contributed by atoms with Crippen LogP contribution in [0.3, 0.4) is 0 Å². The van der Waals surface area contributed by atoms with Crippen molar-refractivity contribution in [3.63, 3.8) is 0 Å². The van der Waals surface area contributed by atoms with Crippen LogP contribution in [0.5, 0.6) is 0 Å². The van der Waals surface area contributed by atoms with Crippen molar-refractivity contribution < 1.29 is 9.21 Å². The maximum absolute atomic E-state index is 12.2. The number of rotatable bonds is 4. The maximum atomic E-state index is 12.2. The van der Waals surface area contributed by atoms with Gasteiger partial charge in [0.2, 0.25) is 0 Å². The lowest BCUT2D eigenvalue weighted by atomic mass is 10.1. The standard InChI is InChI=1S/C23H20N2O2/c1-15-12-20-21(13-16(15)2)27-22(25-20)14-17-8-10-19(11-9-17)24-23(26)18-6-4-3-5-7-18/h3-13H,14H2,1-2H3,(H,24,26). The number of benzene rings is 3. The Labute approximate surface area is 157 Å². The molecule has 134 valence electrons. The van der Waals surface area contributed by atoms with E-state index in [1.807, 2.05) is 48.5 Å². The fourth-order valence-corrected chi connectivity index (χ4v) is 2.98. The lowest BCUT2D eigenvalue weighted by molar-refractivity contribution is 0.102. The van der Waals surface area contributed by atoms with Gasteiger partial charge in [0.1, 0.15) is 5.52 Å². The zero-order valence-electron chi connectivity index (χ0n) is 15.3. The zero-order valence-corrected chi connectivity index (χ0v) is 15.3. The van der Waals surface area contributed by atoms with E-state index in [4.69, 9.17) is 4.42 Å². The summed E-state index contributed by atoms with van der Waals surface area (Å²) < 4.78 is 5.88. The third-order valence-electron chi connectivity index (χ3n) is 4.65. The van der Waals surface area contributed by atoms with Crippen LogP contribution in [0.2, 0.25) is 0 Å². The number of hydrogen-bond acceptors (Lipinski definition) is 3. The molecule has 27 heavy (non-hydrogen) atoms. The molecular formula is C23H20N2O2. The highest BCUT2D eigenvalue weighted by molar-refractivity contribution is 6.04. The summed E-state index contributed by atoms with van der Waals surface area (Å²) in [4.78, 5) is 16.8. The van der Waals surface area contributed by atoms with Gasteiger partial charge in [-0.25, -0.2) is 4.98 Å². The van der Waals surface area contributed by atoms with Crippen LogP contribution in [0.15, 0.2) is 71.1 Å². The number of oxazole rings is 1. The van der Waals surface area contributed by atoms with Gasteiger partial charge in [-0.1, -0.05) is 30.3 Å². The number of carbonyl (C=O) groups is 1. The van der Waals surface area contributed by atoms with Gasteiger partial charge in [0.15, 0.2) is 11.5 Å². The van der Waals surface area contributed by atoms with Gasteiger partial charge in [0.25, 0.3) is 5.91 Å². The van der Waals surface area contributed by atoms with Crippen LogP contribution in [0.4, 0.5) is 5.69 Å². The second-order valence-electron chi connectivity index (χ2n) is 6.71. The SMILES string of the molecule is Cc1cc2nc(Cc3ccc(NC(=O)c4ccccc4)cc3)oc2cc1C. The molecular weight excluding hydrogens is 336 g/mol. The summed E-state index contributed by atoms with van der Waals surface area (Å²) >= 11 is 0. The van der Waals surface area contributed by atoms with Gasteiger partial charge in [0, 0.05) is 17.7 Å². The summed E-state index contributed by atoms with van der Waals surface area (Å²) in [5.74, 6) is 0.573. The van der Waals surface area contributed by atoms with E-state index in [2.05, 4.69) is 30.2 Å². The van der Waals surface area contributed by atoms with Crippen LogP contribution >= 0.6 is 0 Å². The Bertz CT molecular complexity index is 1060. The molecule has 1 N–H and O–H groups in total. The number of hydrogen-bond donors (Lipinski definition) is 1. The summed E-state index contributed by atoms with van der Waals surface area (Å²) in [6, 6.07) is 21.0. The molecule has 0 fully saturated rings. The minimum atomic E-state index is -0.118. The molecule has 1 aromatic heterocycles. The molecule has 0 radical (unpaired) electrons. The van der Waals surface area contributed by atoms with E-state index in [9.17, 15) is 4.79 Å². The number of nitrogens with zero attached hydrogens (tertiary/aromatic N) is 1. The Morgan fingerprint density at radius 1 is 0.963 bits per heavy atom. The van der Waals surface area contributed by atoms with E-state index in [0.717, 1.165) is 22.4 Å². The van der Waals surface area contributed by atoms with Crippen LogP contribution in [-0.2, 0) is 6.42 Å². The normalized spacial score (nSPS) is 10.9. The van der Waals surface area contributed by atoms with E-state index in [1.165, 1.54) is 11.1 Å². The van der Waals surface area contributed by atoms with E-state index in [0.29, 0.717) is 17.9 Å². The predicted octanol–water partition coefficient (Wildman–Crippen LogP) is 5.29. The van der Waals surface area contributed by atoms with Crippen LogP contribution in [0.25, 0.3) is 11.1 Å². The van der Waals surface area contributed by atoms with Crippen molar-refractivity contribution in [2.75, 3.05) is 5.32 Å². The number of fused-ring (bicyclic) bond motifs is 1. The van der Waals surface area contributed by atoms with Gasteiger partial charge in [-0.15, -0.1) is 0 Å². The Hall–Kier alpha value is -3.40. The molecule has 4 rings (SSSR count). The molecule has 0 aliphatic rings. The Balaban J connectivity index is 1.47. The highest BCUT2D eigenvalue weighted by Crippen LogP contribution is 2.22. The second kappa shape index (κ2) is 7.08. The van der Waals surface area contributed by atoms with Gasteiger partial charge in [0.05, 0.1) is 0 Å². The van der Waals surface area contributed by atoms with E-state index in [-0.39, 0.29) is 5.91 Å². The highest BCUT2D eigenvalue weighted by Gasteiger charge is 2.09. The summed E-state index contributed by atoms with van der Waals surface area (Å²) in [6.07, 6.45) is 0.611. The summed E-state index contributed by atoms with van der Waals surface area (Å²) in [5.41, 5.74) is 6.59. The monoisotopic (exact) mass is 356 g/mol. The Morgan fingerprint density at radius 2 is 1.67 bits per heavy atom. The smallest absolute Gasteiger partial charge is 0.255 e. The molecule has 4 aromatic rings. The molecule has 0 saturated heterocycles. The molecule has 3 aromatic carbocycles. The van der Waals surface area contributed by atoms with Crippen molar-refractivity contribution >= 4 is 22.7 Å². The van der Waals surface area contributed by atoms with Crippen LogP contribution < -0.4 is 5.32 Å². The topological polar surface area (TPSA) is 55.1 Å². The molecule has 1 heterocycles. The van der Waals surface area contributed by atoms with Gasteiger partial charge >= 0.3 is 0 Å². The molecule has 4 heteroatoms. The second-order valence-corrected chi connectivity index (χ2v) is 6.71. The van der Waals surface area contributed by atoms with Crippen molar-refractivity contribution in [1.82, 2.24) is 4.98 Å². The number of aromatic nitrogens is 1. The number of nitrogens with one attached hydrogen (secondary N) is 1. The van der Waals surface area contributed by atoms with Crippen molar-refractivity contribution in [3.8, 4) is 0 Å². The molecule has 0 aliphatic carbocycles. The summed E-state index contributed by atoms with van der Waals surface area (Å²) in [7, 11) is 0. The molecule has 0 spiro atoms. The average molecular weight is 356 g/mol. The van der Waals surface area contributed by atoms with Gasteiger partial charge in [-0.2, -0.15) is 0 Å². The fourth-order valence-electron chi connectivity index (χ4n) is 2.98. The molecule has 0 unspecified atom stereocenters. The summed E-state index contributed by atoms with van der Waals surface area (Å²) in [5, 5.41) is 2.91. The fraction of sp³-hybridized carbons (Fsp3) is 0.130. The Kier molecular flexibility index (Phi) is 4.47.